The van der Waals surface area contributed by atoms with Gasteiger partial charge >= 0.3 is 0 Å². The zero-order chi connectivity index (χ0) is 26.0. The maximum absolute atomic E-state index is 13.2. The van der Waals surface area contributed by atoms with Crippen molar-refractivity contribution in [3.8, 4) is 17.2 Å². The van der Waals surface area contributed by atoms with E-state index >= 15 is 0 Å². The van der Waals surface area contributed by atoms with E-state index in [-0.39, 0.29) is 26.6 Å². The number of benzene rings is 3. The molecule has 188 valence electrons. The van der Waals surface area contributed by atoms with Gasteiger partial charge in [-0.15, -0.1) is 0 Å². The Morgan fingerprint density at radius 2 is 1.58 bits per heavy atom. The van der Waals surface area contributed by atoms with Gasteiger partial charge in [0.15, 0.2) is 9.84 Å². The Labute approximate surface area is 223 Å². The summed E-state index contributed by atoms with van der Waals surface area (Å²) in [5, 5.41) is 3.36. The summed E-state index contributed by atoms with van der Waals surface area (Å²) >= 11 is 13.5. The molecule has 1 heterocycles. The Hall–Kier alpha value is -2.85. The number of amides is 1. The van der Waals surface area contributed by atoms with Gasteiger partial charge in [-0.1, -0.05) is 41.0 Å². The van der Waals surface area contributed by atoms with Crippen LogP contribution < -0.4 is 19.5 Å². The predicted molar refractivity (Wildman–Crippen MR) is 142 cm³/mol. The van der Waals surface area contributed by atoms with E-state index in [0.29, 0.717) is 43.9 Å². The predicted octanol–water partition coefficient (Wildman–Crippen LogP) is 6.08. The third-order valence-corrected chi connectivity index (χ3v) is 8.86. The van der Waals surface area contributed by atoms with Crippen molar-refractivity contribution in [3.05, 3.63) is 74.6 Å². The van der Waals surface area contributed by atoms with E-state index in [2.05, 4.69) is 5.32 Å². The van der Waals surface area contributed by atoms with Gasteiger partial charge in [-0.2, -0.15) is 0 Å². The number of halogens is 2. The molecule has 1 amide bonds. The molecular weight excluding hydrogens is 545 g/mol. The zero-order valence-corrected chi connectivity index (χ0v) is 22.6. The molecule has 4 rings (SSSR count). The van der Waals surface area contributed by atoms with Crippen LogP contribution in [-0.4, -0.2) is 35.7 Å². The first-order valence-electron chi connectivity index (χ1n) is 10.5. The van der Waals surface area contributed by atoms with Gasteiger partial charge in [-0.25, -0.2) is 8.42 Å². The number of thioether (sulfide) groups is 1. The molecule has 7 nitrogen and oxygen atoms in total. The second-order valence-corrected chi connectivity index (χ2v) is 11.5. The summed E-state index contributed by atoms with van der Waals surface area (Å²) in [7, 11) is 0.752. The van der Waals surface area contributed by atoms with E-state index in [9.17, 15) is 13.2 Å². The molecule has 0 radical (unpaired) electrons. The third-order valence-electron chi connectivity index (χ3n) is 5.43. The number of carbonyl (C=O) groups is 1. The molecule has 3 aromatic rings. The lowest BCUT2D eigenvalue weighted by molar-refractivity contribution is -0.112. The average molecular weight is 566 g/mol. The SMILES string of the molecule is COc1cc(OC)c(C=C2Sc3cc(S(=O)(=O)Cc4c(Cl)cccc4Cl)ccc3NC2=O)c(OC)c1. The van der Waals surface area contributed by atoms with Gasteiger partial charge in [0, 0.05) is 32.6 Å². The summed E-state index contributed by atoms with van der Waals surface area (Å²) in [5.41, 5.74) is 1.38. The van der Waals surface area contributed by atoms with E-state index in [1.165, 1.54) is 33.5 Å². The van der Waals surface area contributed by atoms with Crippen LogP contribution in [0, 0.1) is 0 Å². The lowest BCUT2D eigenvalue weighted by Gasteiger charge is -2.20. The number of rotatable bonds is 7. The number of hydrogen-bond donors (Lipinski definition) is 1. The van der Waals surface area contributed by atoms with Gasteiger partial charge in [0.2, 0.25) is 0 Å². The average Bonchev–Trinajstić information content (AvgIpc) is 2.86. The fraction of sp³-hybridized carbons (Fsp3) is 0.160. The highest BCUT2D eigenvalue weighted by atomic mass is 35.5. The lowest BCUT2D eigenvalue weighted by Crippen LogP contribution is -2.18. The molecule has 36 heavy (non-hydrogen) atoms. The maximum atomic E-state index is 13.2. The summed E-state index contributed by atoms with van der Waals surface area (Å²) in [6.45, 7) is 0. The normalized spacial score (nSPS) is 14.2. The first-order valence-corrected chi connectivity index (χ1v) is 13.7. The van der Waals surface area contributed by atoms with Crippen molar-refractivity contribution in [2.45, 2.75) is 15.5 Å². The minimum atomic E-state index is -3.78. The van der Waals surface area contributed by atoms with Crippen LogP contribution in [0.25, 0.3) is 6.08 Å². The molecule has 0 bridgehead atoms. The molecule has 0 spiro atoms. The van der Waals surface area contributed by atoms with Gasteiger partial charge in [0.25, 0.3) is 5.91 Å². The summed E-state index contributed by atoms with van der Waals surface area (Å²) in [6, 6.07) is 12.7. The molecule has 1 aliphatic heterocycles. The summed E-state index contributed by atoms with van der Waals surface area (Å²) in [5.74, 6) is 0.734. The van der Waals surface area contributed by atoms with Crippen molar-refractivity contribution >= 4 is 62.5 Å². The van der Waals surface area contributed by atoms with Gasteiger partial charge in [0.1, 0.15) is 17.2 Å². The largest absolute Gasteiger partial charge is 0.496 e. The number of nitrogens with one attached hydrogen (secondary N) is 1. The minimum Gasteiger partial charge on any atom is -0.496 e. The summed E-state index contributed by atoms with van der Waals surface area (Å²) in [6.07, 6.45) is 1.63. The van der Waals surface area contributed by atoms with Crippen LogP contribution in [0.1, 0.15) is 11.1 Å². The molecule has 0 fully saturated rings. The molecule has 0 aliphatic carbocycles. The van der Waals surface area contributed by atoms with E-state index in [1.54, 1.807) is 42.5 Å². The lowest BCUT2D eigenvalue weighted by atomic mass is 10.1. The standard InChI is InChI=1S/C25H21Cl2NO6S2/c1-32-14-9-21(33-2)16(22(10-14)34-3)12-24-25(29)28-20-8-7-15(11-23(20)35-24)36(30,31)13-17-18(26)5-4-6-19(17)27/h4-12H,13H2,1-3H3,(H,28,29). The van der Waals surface area contributed by atoms with Crippen LogP contribution in [0.3, 0.4) is 0 Å². The van der Waals surface area contributed by atoms with Crippen molar-refractivity contribution < 1.29 is 27.4 Å². The molecule has 0 saturated carbocycles. The second-order valence-electron chi connectivity index (χ2n) is 7.63. The Morgan fingerprint density at radius 3 is 2.17 bits per heavy atom. The Morgan fingerprint density at radius 1 is 0.944 bits per heavy atom. The first-order chi connectivity index (χ1) is 17.2. The molecule has 1 N–H and O–H groups in total. The highest BCUT2D eigenvalue weighted by Gasteiger charge is 2.26. The Balaban J connectivity index is 1.71. The highest BCUT2D eigenvalue weighted by Crippen LogP contribution is 2.43. The third kappa shape index (κ3) is 5.29. The van der Waals surface area contributed by atoms with Gasteiger partial charge in [0.05, 0.1) is 48.1 Å². The van der Waals surface area contributed by atoms with E-state index < -0.39 is 9.84 Å². The molecule has 0 saturated heterocycles. The molecule has 1 aliphatic rings. The molecular formula is C25H21Cl2NO6S2. The van der Waals surface area contributed by atoms with Crippen molar-refractivity contribution in [1.82, 2.24) is 0 Å². The van der Waals surface area contributed by atoms with E-state index in [1.807, 2.05) is 0 Å². The van der Waals surface area contributed by atoms with E-state index in [4.69, 9.17) is 37.4 Å². The quantitative estimate of drug-likeness (QED) is 0.347. The van der Waals surface area contributed by atoms with Crippen molar-refractivity contribution in [2.24, 2.45) is 0 Å². The van der Waals surface area contributed by atoms with Crippen molar-refractivity contribution in [2.75, 3.05) is 26.6 Å². The fourth-order valence-corrected chi connectivity index (χ4v) is 6.74. The van der Waals surface area contributed by atoms with Gasteiger partial charge in [-0.3, -0.25) is 4.79 Å². The van der Waals surface area contributed by atoms with Crippen LogP contribution in [0.4, 0.5) is 5.69 Å². The molecule has 0 unspecified atom stereocenters. The number of sulfone groups is 1. The van der Waals surface area contributed by atoms with Gasteiger partial charge < -0.3 is 19.5 Å². The van der Waals surface area contributed by atoms with Crippen LogP contribution >= 0.6 is 35.0 Å². The summed E-state index contributed by atoms with van der Waals surface area (Å²) in [4.78, 5) is 13.8. The van der Waals surface area contributed by atoms with E-state index in [0.717, 1.165) is 11.8 Å². The number of methoxy groups -OCH3 is 3. The molecule has 11 heteroatoms. The Bertz CT molecular complexity index is 1440. The zero-order valence-electron chi connectivity index (χ0n) is 19.4. The molecule has 0 atom stereocenters. The number of carbonyl (C=O) groups excluding carboxylic acids is 1. The molecule has 0 aromatic heterocycles. The first kappa shape index (κ1) is 26.2. The minimum absolute atomic E-state index is 0.0832. The van der Waals surface area contributed by atoms with Gasteiger partial charge in [-0.05, 0) is 36.4 Å². The number of anilines is 1. The monoisotopic (exact) mass is 565 g/mol. The van der Waals surface area contributed by atoms with Crippen LogP contribution in [-0.2, 0) is 20.4 Å². The Kier molecular flexibility index (Phi) is 7.75. The summed E-state index contributed by atoms with van der Waals surface area (Å²) < 4.78 is 42.6. The number of fused-ring (bicyclic) bond motifs is 1. The molecule has 3 aromatic carbocycles. The van der Waals surface area contributed by atoms with Crippen LogP contribution in [0.2, 0.25) is 10.0 Å². The van der Waals surface area contributed by atoms with Crippen molar-refractivity contribution in [1.29, 1.82) is 0 Å². The second kappa shape index (κ2) is 10.6. The van der Waals surface area contributed by atoms with Crippen molar-refractivity contribution in [3.63, 3.8) is 0 Å². The van der Waals surface area contributed by atoms with Crippen LogP contribution in [0.15, 0.2) is 63.2 Å². The number of ether oxygens (including phenoxy) is 3. The highest BCUT2D eigenvalue weighted by molar-refractivity contribution is 8.04. The number of hydrogen-bond acceptors (Lipinski definition) is 7. The van der Waals surface area contributed by atoms with Crippen LogP contribution in [0.5, 0.6) is 17.2 Å². The maximum Gasteiger partial charge on any atom is 0.262 e. The smallest absolute Gasteiger partial charge is 0.262 e. The topological polar surface area (TPSA) is 90.9 Å². The fourth-order valence-electron chi connectivity index (χ4n) is 3.58.